The molecule has 0 heterocycles. The molecule has 0 aromatic heterocycles. The van der Waals surface area contributed by atoms with Gasteiger partial charge < -0.3 is 5.32 Å². The van der Waals surface area contributed by atoms with Gasteiger partial charge in [0.25, 0.3) is 0 Å². The van der Waals surface area contributed by atoms with E-state index in [1.807, 2.05) is 30.0 Å². The summed E-state index contributed by atoms with van der Waals surface area (Å²) in [6.45, 7) is 1.01. The van der Waals surface area contributed by atoms with Crippen LogP contribution in [0.2, 0.25) is 0 Å². The fourth-order valence-electron chi connectivity index (χ4n) is 1.99. The second kappa shape index (κ2) is 5.57. The highest BCUT2D eigenvalue weighted by Gasteiger charge is 2.41. The molecule has 1 atom stereocenters. The van der Waals surface area contributed by atoms with E-state index >= 15 is 0 Å². The molecule has 1 saturated carbocycles. The molecule has 1 aliphatic rings. The van der Waals surface area contributed by atoms with E-state index in [0.29, 0.717) is 11.2 Å². The molecule has 2 rings (SSSR count). The van der Waals surface area contributed by atoms with Gasteiger partial charge in [0.2, 0.25) is 0 Å². The van der Waals surface area contributed by atoms with Crippen molar-refractivity contribution in [1.82, 2.24) is 5.32 Å². The first kappa shape index (κ1) is 12.5. The van der Waals surface area contributed by atoms with Gasteiger partial charge in [0.15, 0.2) is 0 Å². The normalized spacial score (nSPS) is 18.4. The van der Waals surface area contributed by atoms with Crippen LogP contribution in [0.15, 0.2) is 30.3 Å². The first-order valence-electron chi connectivity index (χ1n) is 6.00. The lowest BCUT2D eigenvalue weighted by molar-refractivity contribution is 0.534. The zero-order chi connectivity index (χ0) is 12.1. The van der Waals surface area contributed by atoms with Gasteiger partial charge in [-0.25, -0.2) is 0 Å². The molecule has 0 amide bonds. The molecule has 3 heteroatoms. The van der Waals surface area contributed by atoms with E-state index in [1.165, 1.54) is 18.4 Å². The molecular weight excluding hydrogens is 228 g/mol. The van der Waals surface area contributed by atoms with E-state index in [-0.39, 0.29) is 6.04 Å². The molecule has 0 bridgehead atoms. The van der Waals surface area contributed by atoms with Gasteiger partial charge in [-0.15, -0.1) is 0 Å². The summed E-state index contributed by atoms with van der Waals surface area (Å²) >= 11 is 1.95. The van der Waals surface area contributed by atoms with Crippen molar-refractivity contribution in [3.05, 3.63) is 35.9 Å². The summed E-state index contributed by atoms with van der Waals surface area (Å²) in [5.41, 5.74) is 1.21. The maximum absolute atomic E-state index is 8.91. The first-order valence-corrected chi connectivity index (χ1v) is 7.22. The fraction of sp³-hybridized carbons (Fsp3) is 0.500. The molecule has 0 aliphatic heterocycles. The molecule has 1 aromatic carbocycles. The highest BCUT2D eigenvalue weighted by Crippen LogP contribution is 2.46. The number of nitrogens with one attached hydrogen (secondary N) is 1. The smallest absolute Gasteiger partial charge is 0.0641 e. The largest absolute Gasteiger partial charge is 0.308 e. The number of nitrogens with zero attached hydrogens (tertiary/aromatic N) is 1. The van der Waals surface area contributed by atoms with Gasteiger partial charge in [0, 0.05) is 17.3 Å². The van der Waals surface area contributed by atoms with Crippen molar-refractivity contribution in [2.45, 2.75) is 30.1 Å². The van der Waals surface area contributed by atoms with Crippen molar-refractivity contribution >= 4 is 11.8 Å². The molecule has 2 nitrogen and oxygen atoms in total. The van der Waals surface area contributed by atoms with Crippen LogP contribution >= 0.6 is 11.8 Å². The molecule has 1 aliphatic carbocycles. The van der Waals surface area contributed by atoms with Crippen molar-refractivity contribution < 1.29 is 0 Å². The number of thioether (sulfide) groups is 1. The molecular formula is C14H18N2S. The summed E-state index contributed by atoms with van der Waals surface area (Å²) in [5, 5.41) is 12.5. The lowest BCUT2D eigenvalue weighted by Crippen LogP contribution is -2.29. The average Bonchev–Trinajstić information content (AvgIpc) is 3.16. The Bertz CT molecular complexity index is 392. The molecule has 90 valence electrons. The van der Waals surface area contributed by atoms with Gasteiger partial charge >= 0.3 is 0 Å². The number of nitriles is 1. The first-order chi connectivity index (χ1) is 8.29. The number of rotatable bonds is 6. The van der Waals surface area contributed by atoms with Crippen LogP contribution in [0.4, 0.5) is 0 Å². The van der Waals surface area contributed by atoms with Gasteiger partial charge in [-0.05, 0) is 24.7 Å². The molecule has 0 radical (unpaired) electrons. The Morgan fingerprint density at radius 1 is 1.41 bits per heavy atom. The maximum Gasteiger partial charge on any atom is 0.0641 e. The monoisotopic (exact) mass is 246 g/mol. The third-order valence-electron chi connectivity index (χ3n) is 3.41. The van der Waals surface area contributed by atoms with Crippen LogP contribution < -0.4 is 5.32 Å². The maximum atomic E-state index is 8.91. The Morgan fingerprint density at radius 3 is 2.65 bits per heavy atom. The Morgan fingerprint density at radius 2 is 2.12 bits per heavy atom. The van der Waals surface area contributed by atoms with Crippen LogP contribution in [0.3, 0.4) is 0 Å². The lowest BCUT2D eigenvalue weighted by Gasteiger charge is -2.20. The molecule has 17 heavy (non-hydrogen) atoms. The highest BCUT2D eigenvalue weighted by molar-refractivity contribution is 8.00. The van der Waals surface area contributed by atoms with Crippen LogP contribution in [0.5, 0.6) is 0 Å². The Kier molecular flexibility index (Phi) is 4.09. The molecule has 0 spiro atoms. The van der Waals surface area contributed by atoms with Crippen molar-refractivity contribution in [2.24, 2.45) is 0 Å². The van der Waals surface area contributed by atoms with E-state index in [2.05, 4.69) is 29.8 Å². The van der Waals surface area contributed by atoms with Crippen LogP contribution in [-0.4, -0.2) is 17.5 Å². The standard InChI is InChI=1S/C14H18N2S/c1-17-14(8-9-14)11-16-13(7-10-15)12-5-3-2-4-6-12/h2-6,13,16H,7-9,11H2,1H3. The minimum Gasteiger partial charge on any atom is -0.308 e. The minimum absolute atomic E-state index is 0.172. The predicted molar refractivity (Wildman–Crippen MR) is 72.9 cm³/mol. The summed E-state index contributed by atoms with van der Waals surface area (Å²) in [6, 6.07) is 12.7. The fourth-order valence-corrected chi connectivity index (χ4v) is 2.72. The topological polar surface area (TPSA) is 35.8 Å². The Balaban J connectivity index is 1.96. The molecule has 1 N–H and O–H groups in total. The number of hydrogen-bond donors (Lipinski definition) is 1. The van der Waals surface area contributed by atoms with E-state index in [4.69, 9.17) is 5.26 Å². The van der Waals surface area contributed by atoms with E-state index in [9.17, 15) is 0 Å². The van der Waals surface area contributed by atoms with E-state index in [0.717, 1.165) is 6.54 Å². The molecule has 1 aromatic rings. The lowest BCUT2D eigenvalue weighted by atomic mass is 10.0. The van der Waals surface area contributed by atoms with Crippen molar-refractivity contribution in [1.29, 1.82) is 5.26 Å². The van der Waals surface area contributed by atoms with Crippen molar-refractivity contribution in [2.75, 3.05) is 12.8 Å². The van der Waals surface area contributed by atoms with E-state index in [1.54, 1.807) is 0 Å². The summed E-state index contributed by atoms with van der Waals surface area (Å²) in [4.78, 5) is 0. The van der Waals surface area contributed by atoms with Gasteiger partial charge in [-0.2, -0.15) is 17.0 Å². The van der Waals surface area contributed by atoms with Crippen LogP contribution in [0.25, 0.3) is 0 Å². The summed E-state index contributed by atoms with van der Waals surface area (Å²) in [7, 11) is 0. The number of benzene rings is 1. The Labute approximate surface area is 107 Å². The van der Waals surface area contributed by atoms with Gasteiger partial charge in [-0.1, -0.05) is 30.3 Å². The van der Waals surface area contributed by atoms with E-state index < -0.39 is 0 Å². The summed E-state index contributed by atoms with van der Waals surface area (Å²) in [5.74, 6) is 0. The number of hydrogen-bond acceptors (Lipinski definition) is 3. The second-order valence-electron chi connectivity index (χ2n) is 4.59. The van der Waals surface area contributed by atoms with Crippen molar-refractivity contribution in [3.8, 4) is 6.07 Å². The van der Waals surface area contributed by atoms with Gasteiger partial charge in [0.1, 0.15) is 0 Å². The summed E-state index contributed by atoms with van der Waals surface area (Å²) in [6.07, 6.45) is 5.31. The zero-order valence-electron chi connectivity index (χ0n) is 10.1. The molecule has 1 unspecified atom stereocenters. The third-order valence-corrected chi connectivity index (χ3v) is 4.83. The minimum atomic E-state index is 0.172. The third kappa shape index (κ3) is 3.24. The van der Waals surface area contributed by atoms with Crippen LogP contribution in [0.1, 0.15) is 30.9 Å². The Hall–Kier alpha value is -0.980. The predicted octanol–water partition coefficient (Wildman–Crippen LogP) is 3.13. The molecule has 0 saturated heterocycles. The van der Waals surface area contributed by atoms with Gasteiger partial charge in [0.05, 0.1) is 12.5 Å². The summed E-state index contributed by atoms with van der Waals surface area (Å²) < 4.78 is 0.447. The highest BCUT2D eigenvalue weighted by atomic mass is 32.2. The average molecular weight is 246 g/mol. The van der Waals surface area contributed by atoms with Crippen molar-refractivity contribution in [3.63, 3.8) is 0 Å². The van der Waals surface area contributed by atoms with Crippen LogP contribution in [-0.2, 0) is 0 Å². The van der Waals surface area contributed by atoms with Gasteiger partial charge in [-0.3, -0.25) is 0 Å². The zero-order valence-corrected chi connectivity index (χ0v) is 11.0. The SMILES string of the molecule is CSC1(CNC(CC#N)c2ccccc2)CC1. The van der Waals surface area contributed by atoms with Crippen LogP contribution in [0, 0.1) is 11.3 Å². The second-order valence-corrected chi connectivity index (χ2v) is 5.87. The quantitative estimate of drug-likeness (QED) is 0.837. The molecule has 1 fully saturated rings.